The maximum Gasteiger partial charge on any atom is 0.220 e. The van der Waals surface area contributed by atoms with Crippen LogP contribution in [0.3, 0.4) is 0 Å². The number of hydrogen-bond donors (Lipinski definition) is 2. The molecule has 0 radical (unpaired) electrons. The lowest BCUT2D eigenvalue weighted by Crippen LogP contribution is -2.38. The second kappa shape index (κ2) is 8.69. The molecule has 128 valence electrons. The van der Waals surface area contributed by atoms with Crippen LogP contribution < -0.4 is 15.4 Å². The van der Waals surface area contributed by atoms with E-state index < -0.39 is 0 Å². The van der Waals surface area contributed by atoms with E-state index in [1.165, 1.54) is 18.2 Å². The summed E-state index contributed by atoms with van der Waals surface area (Å²) in [5.74, 6) is 1.60. The number of piperidine rings is 1. The van der Waals surface area contributed by atoms with Crippen LogP contribution in [-0.4, -0.2) is 32.1 Å². The van der Waals surface area contributed by atoms with Crippen molar-refractivity contribution in [2.75, 3.05) is 26.2 Å². The zero-order valence-corrected chi connectivity index (χ0v) is 14.1. The highest BCUT2D eigenvalue weighted by Gasteiger charge is 2.13. The molecule has 0 spiro atoms. The van der Waals surface area contributed by atoms with Gasteiger partial charge in [0.25, 0.3) is 0 Å². The molecule has 4 heteroatoms. The average molecular weight is 326 g/mol. The standard InChI is InChI=1S/C20H26N2O2/c23-20(22-15-16-6-4-12-21-14-16)11-5-13-24-19-10-3-8-17-7-1-2-9-18(17)19/h1-3,7-10,16,21H,4-6,11-15H2,(H,22,23). The minimum Gasteiger partial charge on any atom is -0.493 e. The third-order valence-corrected chi connectivity index (χ3v) is 4.54. The summed E-state index contributed by atoms with van der Waals surface area (Å²) in [6.07, 6.45) is 3.67. The minimum absolute atomic E-state index is 0.127. The first-order valence-electron chi connectivity index (χ1n) is 8.91. The first-order chi connectivity index (χ1) is 11.8. The number of nitrogens with one attached hydrogen (secondary N) is 2. The molecule has 2 aromatic carbocycles. The smallest absolute Gasteiger partial charge is 0.220 e. The predicted octanol–water partition coefficient (Wildman–Crippen LogP) is 3.11. The summed E-state index contributed by atoms with van der Waals surface area (Å²) in [4.78, 5) is 11.9. The molecular formula is C20H26N2O2. The van der Waals surface area contributed by atoms with Crippen molar-refractivity contribution in [3.8, 4) is 5.75 Å². The highest BCUT2D eigenvalue weighted by molar-refractivity contribution is 5.88. The second-order valence-electron chi connectivity index (χ2n) is 6.45. The third-order valence-electron chi connectivity index (χ3n) is 4.54. The Morgan fingerprint density at radius 1 is 1.21 bits per heavy atom. The van der Waals surface area contributed by atoms with Crippen LogP contribution in [0.15, 0.2) is 42.5 Å². The number of benzene rings is 2. The Morgan fingerprint density at radius 3 is 2.96 bits per heavy atom. The number of rotatable bonds is 7. The van der Waals surface area contributed by atoms with Crippen LogP contribution in [-0.2, 0) is 4.79 Å². The molecule has 0 bridgehead atoms. The zero-order chi connectivity index (χ0) is 16.6. The highest BCUT2D eigenvalue weighted by Crippen LogP contribution is 2.25. The fourth-order valence-electron chi connectivity index (χ4n) is 3.18. The molecule has 4 nitrogen and oxygen atoms in total. The summed E-state index contributed by atoms with van der Waals surface area (Å²) in [6, 6.07) is 14.3. The molecule has 2 aromatic rings. The van der Waals surface area contributed by atoms with E-state index in [-0.39, 0.29) is 5.91 Å². The summed E-state index contributed by atoms with van der Waals surface area (Å²) in [5.41, 5.74) is 0. The van der Waals surface area contributed by atoms with Crippen LogP contribution in [0.5, 0.6) is 5.75 Å². The van der Waals surface area contributed by atoms with E-state index in [0.717, 1.165) is 37.2 Å². The number of carbonyl (C=O) groups is 1. The molecule has 0 aromatic heterocycles. The molecule has 24 heavy (non-hydrogen) atoms. The molecule has 0 aliphatic carbocycles. The van der Waals surface area contributed by atoms with E-state index in [2.05, 4.69) is 28.8 Å². The summed E-state index contributed by atoms with van der Waals surface area (Å²) < 4.78 is 5.87. The fraction of sp³-hybridized carbons (Fsp3) is 0.450. The molecule has 1 aliphatic rings. The van der Waals surface area contributed by atoms with Gasteiger partial charge in [-0.1, -0.05) is 36.4 Å². The Balaban J connectivity index is 1.37. The van der Waals surface area contributed by atoms with Crippen molar-refractivity contribution in [1.82, 2.24) is 10.6 Å². The van der Waals surface area contributed by atoms with Crippen molar-refractivity contribution in [1.29, 1.82) is 0 Å². The largest absolute Gasteiger partial charge is 0.493 e. The number of fused-ring (bicyclic) bond motifs is 1. The number of hydrogen-bond acceptors (Lipinski definition) is 3. The molecule has 1 unspecified atom stereocenters. The van der Waals surface area contributed by atoms with Crippen LogP contribution in [0, 0.1) is 5.92 Å². The van der Waals surface area contributed by atoms with Gasteiger partial charge in [0.2, 0.25) is 5.91 Å². The Bertz CT molecular complexity index is 660. The Hall–Kier alpha value is -2.07. The number of carbonyl (C=O) groups excluding carboxylic acids is 1. The predicted molar refractivity (Wildman–Crippen MR) is 97.3 cm³/mol. The van der Waals surface area contributed by atoms with Crippen molar-refractivity contribution in [3.63, 3.8) is 0 Å². The normalized spacial score (nSPS) is 17.6. The topological polar surface area (TPSA) is 50.4 Å². The van der Waals surface area contributed by atoms with E-state index in [0.29, 0.717) is 18.9 Å². The Kier molecular flexibility index (Phi) is 6.07. The molecule has 1 amide bonds. The van der Waals surface area contributed by atoms with Gasteiger partial charge in [-0.3, -0.25) is 4.79 Å². The van der Waals surface area contributed by atoms with Crippen LogP contribution in [0.4, 0.5) is 0 Å². The van der Waals surface area contributed by atoms with Crippen molar-refractivity contribution < 1.29 is 9.53 Å². The molecule has 1 atom stereocenters. The van der Waals surface area contributed by atoms with Crippen LogP contribution in [0.1, 0.15) is 25.7 Å². The Labute approximate surface area is 143 Å². The lowest BCUT2D eigenvalue weighted by atomic mass is 10.00. The van der Waals surface area contributed by atoms with Gasteiger partial charge >= 0.3 is 0 Å². The van der Waals surface area contributed by atoms with Crippen molar-refractivity contribution in [2.45, 2.75) is 25.7 Å². The average Bonchev–Trinajstić information content (AvgIpc) is 2.64. The molecule has 1 aliphatic heterocycles. The second-order valence-corrected chi connectivity index (χ2v) is 6.45. The van der Waals surface area contributed by atoms with Crippen molar-refractivity contribution in [2.24, 2.45) is 5.92 Å². The van der Waals surface area contributed by atoms with Gasteiger partial charge in [0, 0.05) is 18.4 Å². The van der Waals surface area contributed by atoms with E-state index in [1.807, 2.05) is 24.3 Å². The summed E-state index contributed by atoms with van der Waals surface area (Å²) >= 11 is 0. The van der Waals surface area contributed by atoms with Gasteiger partial charge < -0.3 is 15.4 Å². The van der Waals surface area contributed by atoms with Gasteiger partial charge in [-0.2, -0.15) is 0 Å². The van der Waals surface area contributed by atoms with Crippen LogP contribution >= 0.6 is 0 Å². The van der Waals surface area contributed by atoms with E-state index in [1.54, 1.807) is 0 Å². The molecule has 3 rings (SSSR count). The zero-order valence-electron chi connectivity index (χ0n) is 14.1. The SMILES string of the molecule is O=C(CCCOc1cccc2ccccc12)NCC1CCCNC1. The van der Waals surface area contributed by atoms with Gasteiger partial charge in [0.05, 0.1) is 6.61 Å². The van der Waals surface area contributed by atoms with Gasteiger partial charge in [-0.05, 0) is 49.7 Å². The first-order valence-corrected chi connectivity index (χ1v) is 8.91. The molecule has 0 saturated carbocycles. The molecule has 1 fully saturated rings. The minimum atomic E-state index is 0.127. The van der Waals surface area contributed by atoms with Gasteiger partial charge in [0.1, 0.15) is 5.75 Å². The molecule has 2 N–H and O–H groups in total. The quantitative estimate of drug-likeness (QED) is 0.769. The third kappa shape index (κ3) is 4.71. The lowest BCUT2D eigenvalue weighted by Gasteiger charge is -2.22. The van der Waals surface area contributed by atoms with Gasteiger partial charge in [-0.25, -0.2) is 0 Å². The Morgan fingerprint density at radius 2 is 2.08 bits per heavy atom. The summed E-state index contributed by atoms with van der Waals surface area (Å²) in [6.45, 7) is 3.48. The molecule has 1 saturated heterocycles. The molecular weight excluding hydrogens is 300 g/mol. The van der Waals surface area contributed by atoms with Crippen molar-refractivity contribution in [3.05, 3.63) is 42.5 Å². The maximum atomic E-state index is 11.9. The van der Waals surface area contributed by atoms with E-state index in [9.17, 15) is 4.79 Å². The van der Waals surface area contributed by atoms with Crippen molar-refractivity contribution >= 4 is 16.7 Å². The number of amides is 1. The van der Waals surface area contributed by atoms with Crippen LogP contribution in [0.25, 0.3) is 10.8 Å². The summed E-state index contributed by atoms with van der Waals surface area (Å²) in [5, 5.41) is 8.71. The first kappa shape index (κ1) is 16.8. The monoisotopic (exact) mass is 326 g/mol. The maximum absolute atomic E-state index is 11.9. The van der Waals surface area contributed by atoms with Crippen LogP contribution in [0.2, 0.25) is 0 Å². The lowest BCUT2D eigenvalue weighted by molar-refractivity contribution is -0.121. The van der Waals surface area contributed by atoms with Gasteiger partial charge in [-0.15, -0.1) is 0 Å². The van der Waals surface area contributed by atoms with Gasteiger partial charge in [0.15, 0.2) is 0 Å². The highest BCUT2D eigenvalue weighted by atomic mass is 16.5. The number of ether oxygens (including phenoxy) is 1. The van der Waals surface area contributed by atoms with E-state index >= 15 is 0 Å². The molecule has 1 heterocycles. The fourth-order valence-corrected chi connectivity index (χ4v) is 3.18. The summed E-state index contributed by atoms with van der Waals surface area (Å²) in [7, 11) is 0. The van der Waals surface area contributed by atoms with E-state index in [4.69, 9.17) is 4.74 Å².